The molecule has 0 saturated carbocycles. The molecule has 10 heavy (non-hydrogen) atoms. The second-order valence-corrected chi connectivity index (χ2v) is 3.26. The Morgan fingerprint density at radius 3 is 2.50 bits per heavy atom. The zero-order chi connectivity index (χ0) is 7.98. The molecule has 0 radical (unpaired) electrons. The van der Waals surface area contributed by atoms with E-state index >= 15 is 0 Å². The zero-order valence-corrected chi connectivity index (χ0v) is 8.19. The average molecular weight is 161 g/mol. The fourth-order valence-corrected chi connectivity index (χ4v) is 0.994. The summed E-state index contributed by atoms with van der Waals surface area (Å²) >= 11 is 4.17. The third kappa shape index (κ3) is 4.18. The lowest BCUT2D eigenvalue weighted by atomic mass is 10.2. The maximum absolute atomic E-state index is 4.17. The first kappa shape index (κ1) is 10.3. The van der Waals surface area contributed by atoms with Crippen LogP contribution in [0.2, 0.25) is 0 Å². The Hall–Kier alpha value is 0.310. The first-order valence-electron chi connectivity index (χ1n) is 4.03. The van der Waals surface area contributed by atoms with E-state index in [1.807, 2.05) is 0 Å². The molecule has 1 unspecified atom stereocenters. The summed E-state index contributed by atoms with van der Waals surface area (Å²) in [6.07, 6.45) is 2.44. The molecule has 62 valence electrons. The molecule has 2 heteroatoms. The molecule has 1 nitrogen and oxygen atoms in total. The van der Waals surface area contributed by atoms with E-state index < -0.39 is 0 Å². The molecule has 0 spiro atoms. The lowest BCUT2D eigenvalue weighted by Gasteiger charge is -2.22. The van der Waals surface area contributed by atoms with Crippen molar-refractivity contribution in [1.29, 1.82) is 0 Å². The molecule has 0 aliphatic carbocycles. The number of rotatable bonds is 5. The number of thiol groups is 1. The Labute approximate surface area is 70.2 Å². The standard InChI is InChI=1S/C8H19NS/c1-4-8(2)9(3)6-5-7-10/h8,10H,4-7H2,1-3H3. The molecule has 0 aromatic carbocycles. The van der Waals surface area contributed by atoms with E-state index in [0.717, 1.165) is 11.8 Å². The second kappa shape index (κ2) is 6.05. The van der Waals surface area contributed by atoms with Gasteiger partial charge < -0.3 is 4.90 Å². The minimum atomic E-state index is 0.722. The fraction of sp³-hybridized carbons (Fsp3) is 1.00. The highest BCUT2D eigenvalue weighted by molar-refractivity contribution is 7.80. The van der Waals surface area contributed by atoms with Crippen LogP contribution in [0, 0.1) is 0 Å². The van der Waals surface area contributed by atoms with Gasteiger partial charge in [-0.25, -0.2) is 0 Å². The van der Waals surface area contributed by atoms with Gasteiger partial charge in [0.25, 0.3) is 0 Å². The van der Waals surface area contributed by atoms with E-state index in [1.165, 1.54) is 19.4 Å². The highest BCUT2D eigenvalue weighted by Gasteiger charge is 2.03. The Morgan fingerprint density at radius 1 is 1.50 bits per heavy atom. The SMILES string of the molecule is CCC(C)N(C)CCCS. The van der Waals surface area contributed by atoms with Crippen LogP contribution in [0.5, 0.6) is 0 Å². The third-order valence-corrected chi connectivity index (χ3v) is 2.33. The third-order valence-electron chi connectivity index (χ3n) is 2.01. The summed E-state index contributed by atoms with van der Waals surface area (Å²) in [5, 5.41) is 0. The highest BCUT2D eigenvalue weighted by atomic mass is 32.1. The van der Waals surface area contributed by atoms with E-state index in [-0.39, 0.29) is 0 Å². The molecule has 0 bridgehead atoms. The highest BCUT2D eigenvalue weighted by Crippen LogP contribution is 2.00. The van der Waals surface area contributed by atoms with Crippen LogP contribution >= 0.6 is 12.6 Å². The Balaban J connectivity index is 3.31. The van der Waals surface area contributed by atoms with Gasteiger partial charge in [0.2, 0.25) is 0 Å². The predicted molar refractivity (Wildman–Crippen MR) is 50.9 cm³/mol. The molecule has 0 fully saturated rings. The molecule has 0 saturated heterocycles. The summed E-state index contributed by atoms with van der Waals surface area (Å²) in [5.74, 6) is 1.00. The largest absolute Gasteiger partial charge is 0.304 e. The van der Waals surface area contributed by atoms with Gasteiger partial charge >= 0.3 is 0 Å². The van der Waals surface area contributed by atoms with Crippen LogP contribution in [-0.2, 0) is 0 Å². The molecular formula is C8H19NS. The first-order chi connectivity index (χ1) is 4.72. The minimum Gasteiger partial charge on any atom is -0.304 e. The molecule has 0 amide bonds. The van der Waals surface area contributed by atoms with Crippen LogP contribution in [0.25, 0.3) is 0 Å². The molecule has 1 atom stereocenters. The van der Waals surface area contributed by atoms with Crippen molar-refractivity contribution >= 4 is 12.6 Å². The van der Waals surface area contributed by atoms with E-state index in [4.69, 9.17) is 0 Å². The molecule has 0 aromatic rings. The number of nitrogens with zero attached hydrogens (tertiary/aromatic N) is 1. The fourth-order valence-electron chi connectivity index (χ4n) is 0.852. The van der Waals surface area contributed by atoms with Gasteiger partial charge in [-0.2, -0.15) is 12.6 Å². The number of hydrogen-bond acceptors (Lipinski definition) is 2. The van der Waals surface area contributed by atoms with Gasteiger partial charge in [0.1, 0.15) is 0 Å². The van der Waals surface area contributed by atoms with Gasteiger partial charge in [-0.1, -0.05) is 6.92 Å². The lowest BCUT2D eigenvalue weighted by molar-refractivity contribution is 0.253. The van der Waals surface area contributed by atoms with Crippen LogP contribution in [0.1, 0.15) is 26.7 Å². The summed E-state index contributed by atoms with van der Waals surface area (Å²) in [6.45, 7) is 5.67. The van der Waals surface area contributed by atoms with Gasteiger partial charge in [-0.3, -0.25) is 0 Å². The van der Waals surface area contributed by atoms with Crippen molar-refractivity contribution in [2.24, 2.45) is 0 Å². The van der Waals surface area contributed by atoms with Crippen molar-refractivity contribution in [3.8, 4) is 0 Å². The average Bonchev–Trinajstić information content (AvgIpc) is 1.98. The minimum absolute atomic E-state index is 0.722. The Bertz CT molecular complexity index is 75.7. The van der Waals surface area contributed by atoms with Crippen molar-refractivity contribution < 1.29 is 0 Å². The summed E-state index contributed by atoms with van der Waals surface area (Å²) in [5.41, 5.74) is 0. The zero-order valence-electron chi connectivity index (χ0n) is 7.30. The predicted octanol–water partition coefficient (Wildman–Crippen LogP) is 2.04. The van der Waals surface area contributed by atoms with E-state index in [2.05, 4.69) is 38.4 Å². The summed E-state index contributed by atoms with van der Waals surface area (Å²) < 4.78 is 0. The van der Waals surface area contributed by atoms with E-state index in [0.29, 0.717) is 0 Å². The first-order valence-corrected chi connectivity index (χ1v) is 4.66. The lowest BCUT2D eigenvalue weighted by Crippen LogP contribution is -2.29. The normalized spacial score (nSPS) is 14.1. The van der Waals surface area contributed by atoms with Gasteiger partial charge in [0, 0.05) is 6.04 Å². The van der Waals surface area contributed by atoms with Crippen molar-refractivity contribution in [3.05, 3.63) is 0 Å². The molecule has 0 heterocycles. The quantitative estimate of drug-likeness (QED) is 0.604. The Kier molecular flexibility index (Phi) is 6.24. The summed E-state index contributed by atoms with van der Waals surface area (Å²) in [6, 6.07) is 0.722. The topological polar surface area (TPSA) is 3.24 Å². The molecule has 0 rings (SSSR count). The van der Waals surface area contributed by atoms with E-state index in [9.17, 15) is 0 Å². The van der Waals surface area contributed by atoms with Gasteiger partial charge in [0.15, 0.2) is 0 Å². The summed E-state index contributed by atoms with van der Waals surface area (Å²) in [4.78, 5) is 2.39. The van der Waals surface area contributed by atoms with Crippen molar-refractivity contribution in [1.82, 2.24) is 4.90 Å². The van der Waals surface area contributed by atoms with Crippen LogP contribution < -0.4 is 0 Å². The molecule has 0 N–H and O–H groups in total. The maximum atomic E-state index is 4.17. The molecule has 0 aliphatic rings. The van der Waals surface area contributed by atoms with E-state index in [1.54, 1.807) is 0 Å². The van der Waals surface area contributed by atoms with Crippen LogP contribution in [0.4, 0.5) is 0 Å². The van der Waals surface area contributed by atoms with Crippen molar-refractivity contribution in [3.63, 3.8) is 0 Å². The summed E-state index contributed by atoms with van der Waals surface area (Å²) in [7, 11) is 2.18. The van der Waals surface area contributed by atoms with Crippen LogP contribution in [0.3, 0.4) is 0 Å². The number of hydrogen-bond donors (Lipinski definition) is 1. The monoisotopic (exact) mass is 161 g/mol. The molecule has 0 aromatic heterocycles. The van der Waals surface area contributed by atoms with Gasteiger partial charge in [-0.05, 0) is 39.1 Å². The van der Waals surface area contributed by atoms with Crippen LogP contribution in [-0.4, -0.2) is 30.3 Å². The smallest absolute Gasteiger partial charge is 0.00612 e. The maximum Gasteiger partial charge on any atom is 0.00612 e. The van der Waals surface area contributed by atoms with Gasteiger partial charge in [-0.15, -0.1) is 0 Å². The van der Waals surface area contributed by atoms with Crippen LogP contribution in [0.15, 0.2) is 0 Å². The van der Waals surface area contributed by atoms with Crippen molar-refractivity contribution in [2.75, 3.05) is 19.3 Å². The molecular weight excluding hydrogens is 142 g/mol. The second-order valence-electron chi connectivity index (χ2n) is 2.82. The Morgan fingerprint density at radius 2 is 2.10 bits per heavy atom. The molecule has 0 aliphatic heterocycles. The van der Waals surface area contributed by atoms with Gasteiger partial charge in [0.05, 0.1) is 0 Å². The van der Waals surface area contributed by atoms with Crippen molar-refractivity contribution in [2.45, 2.75) is 32.7 Å².